The van der Waals surface area contributed by atoms with Crippen molar-refractivity contribution in [3.8, 4) is 0 Å². The molecule has 6 heteroatoms. The molecule has 0 atom stereocenters. The lowest BCUT2D eigenvalue weighted by Gasteiger charge is -2.08. The van der Waals surface area contributed by atoms with Crippen LogP contribution in [0, 0.1) is 16.0 Å². The average molecular weight is 315 g/mol. The van der Waals surface area contributed by atoms with Gasteiger partial charge < -0.3 is 10.1 Å². The highest BCUT2D eigenvalue weighted by atomic mass is 79.9. The third kappa shape index (κ3) is 3.96. The highest BCUT2D eigenvalue weighted by Gasteiger charge is 2.21. The van der Waals surface area contributed by atoms with E-state index in [-0.39, 0.29) is 10.6 Å². The van der Waals surface area contributed by atoms with Gasteiger partial charge in [0.15, 0.2) is 0 Å². The molecule has 98 valence electrons. The lowest BCUT2D eigenvalue weighted by Crippen LogP contribution is -2.11. The fraction of sp³-hybridized carbons (Fsp3) is 0.500. The van der Waals surface area contributed by atoms with Crippen LogP contribution in [0.15, 0.2) is 22.7 Å². The molecule has 0 aliphatic heterocycles. The Bertz CT molecular complexity index is 435. The van der Waals surface area contributed by atoms with Crippen molar-refractivity contribution < 1.29 is 9.66 Å². The average Bonchev–Trinajstić information content (AvgIpc) is 3.12. The molecule has 18 heavy (non-hydrogen) atoms. The second-order valence-electron chi connectivity index (χ2n) is 4.36. The van der Waals surface area contributed by atoms with Crippen molar-refractivity contribution >= 4 is 27.3 Å². The van der Waals surface area contributed by atoms with Gasteiger partial charge in [0.05, 0.1) is 11.5 Å². The van der Waals surface area contributed by atoms with Gasteiger partial charge in [-0.25, -0.2) is 0 Å². The monoisotopic (exact) mass is 314 g/mol. The molecule has 0 aromatic heterocycles. The molecule has 0 amide bonds. The first-order chi connectivity index (χ1) is 8.66. The number of nitrogens with zero attached hydrogens (tertiary/aromatic N) is 1. The van der Waals surface area contributed by atoms with E-state index in [0.717, 1.165) is 17.0 Å². The van der Waals surface area contributed by atoms with E-state index in [4.69, 9.17) is 4.74 Å². The van der Waals surface area contributed by atoms with Gasteiger partial charge in [-0.2, -0.15) is 0 Å². The van der Waals surface area contributed by atoms with Crippen LogP contribution in [-0.4, -0.2) is 24.7 Å². The van der Waals surface area contributed by atoms with Gasteiger partial charge in [0.25, 0.3) is 5.69 Å². The number of nitrogens with one attached hydrogen (secondary N) is 1. The summed E-state index contributed by atoms with van der Waals surface area (Å²) in [6, 6.07) is 4.85. The summed E-state index contributed by atoms with van der Waals surface area (Å²) in [5.41, 5.74) is 0.602. The quantitative estimate of drug-likeness (QED) is 0.477. The summed E-state index contributed by atoms with van der Waals surface area (Å²) in [7, 11) is 0. The number of hydrogen-bond donors (Lipinski definition) is 1. The smallest absolute Gasteiger partial charge is 0.292 e. The number of nitro groups is 1. The van der Waals surface area contributed by atoms with Gasteiger partial charge in [-0.3, -0.25) is 10.1 Å². The van der Waals surface area contributed by atoms with E-state index < -0.39 is 0 Å². The Morgan fingerprint density at radius 1 is 1.50 bits per heavy atom. The van der Waals surface area contributed by atoms with Gasteiger partial charge in [-0.15, -0.1) is 0 Å². The number of benzene rings is 1. The maximum atomic E-state index is 10.8. The van der Waals surface area contributed by atoms with Crippen LogP contribution in [0.3, 0.4) is 0 Å². The molecule has 0 unspecified atom stereocenters. The van der Waals surface area contributed by atoms with E-state index in [1.54, 1.807) is 12.1 Å². The molecule has 0 bridgehead atoms. The van der Waals surface area contributed by atoms with Crippen molar-refractivity contribution in [1.82, 2.24) is 0 Å². The molecule has 0 radical (unpaired) electrons. The highest BCUT2D eigenvalue weighted by Crippen LogP contribution is 2.29. The molecule has 1 aliphatic carbocycles. The first kappa shape index (κ1) is 13.3. The van der Waals surface area contributed by atoms with Crippen molar-refractivity contribution in [1.29, 1.82) is 0 Å². The van der Waals surface area contributed by atoms with Crippen LogP contribution < -0.4 is 5.32 Å². The van der Waals surface area contributed by atoms with Gasteiger partial charge in [0, 0.05) is 23.7 Å². The van der Waals surface area contributed by atoms with E-state index in [1.807, 2.05) is 0 Å². The molecule has 5 nitrogen and oxygen atoms in total. The second-order valence-corrected chi connectivity index (χ2v) is 5.28. The van der Waals surface area contributed by atoms with Crippen LogP contribution in [0.4, 0.5) is 11.4 Å². The molecular formula is C12H15BrN2O3. The Balaban J connectivity index is 1.82. The van der Waals surface area contributed by atoms with E-state index >= 15 is 0 Å². The second kappa shape index (κ2) is 6.15. The molecule has 1 saturated carbocycles. The number of ether oxygens (including phenoxy) is 1. The van der Waals surface area contributed by atoms with Crippen molar-refractivity contribution in [2.75, 3.05) is 25.1 Å². The summed E-state index contributed by atoms with van der Waals surface area (Å²) in [4.78, 5) is 10.4. The van der Waals surface area contributed by atoms with Crippen molar-refractivity contribution in [3.05, 3.63) is 32.8 Å². The molecule has 0 saturated heterocycles. The molecule has 1 N–H and O–H groups in total. The van der Waals surface area contributed by atoms with Crippen LogP contribution in [0.2, 0.25) is 0 Å². The van der Waals surface area contributed by atoms with Crippen molar-refractivity contribution in [3.63, 3.8) is 0 Å². The van der Waals surface area contributed by atoms with Crippen LogP contribution in [-0.2, 0) is 4.74 Å². The van der Waals surface area contributed by atoms with Crippen LogP contribution in [0.25, 0.3) is 0 Å². The normalized spacial score (nSPS) is 14.5. The molecule has 2 rings (SSSR count). The molecule has 1 aliphatic rings. The Hall–Kier alpha value is -1.14. The predicted octanol–water partition coefficient (Wildman–Crippen LogP) is 3.20. The summed E-state index contributed by atoms with van der Waals surface area (Å²) in [6.07, 6.45) is 2.54. The molecule has 0 spiro atoms. The van der Waals surface area contributed by atoms with Gasteiger partial charge in [0.2, 0.25) is 0 Å². The predicted molar refractivity (Wildman–Crippen MR) is 72.8 cm³/mol. The SMILES string of the molecule is O=[N+]([O-])c1ccc(Br)cc1NCCOCC1CC1. The van der Waals surface area contributed by atoms with E-state index in [0.29, 0.717) is 18.8 Å². The lowest BCUT2D eigenvalue weighted by molar-refractivity contribution is -0.384. The molecule has 0 heterocycles. The lowest BCUT2D eigenvalue weighted by atomic mass is 10.2. The summed E-state index contributed by atoms with van der Waals surface area (Å²) in [5, 5.41) is 13.9. The summed E-state index contributed by atoms with van der Waals surface area (Å²) >= 11 is 3.30. The minimum Gasteiger partial charge on any atom is -0.379 e. The standard InChI is InChI=1S/C12H15BrN2O3/c13-10-3-4-12(15(16)17)11(7-10)14-5-6-18-8-9-1-2-9/h3-4,7,9,14H,1-2,5-6,8H2. The first-order valence-corrected chi connectivity index (χ1v) is 6.71. The summed E-state index contributed by atoms with van der Waals surface area (Å²) in [5.74, 6) is 0.741. The van der Waals surface area contributed by atoms with Crippen LogP contribution in [0.5, 0.6) is 0 Å². The summed E-state index contributed by atoms with van der Waals surface area (Å²) in [6.45, 7) is 1.95. The fourth-order valence-corrected chi connectivity index (χ4v) is 1.96. The Labute approximate surface area is 114 Å². The minimum atomic E-state index is -0.389. The first-order valence-electron chi connectivity index (χ1n) is 5.92. The minimum absolute atomic E-state index is 0.0837. The van der Waals surface area contributed by atoms with Crippen LogP contribution >= 0.6 is 15.9 Å². The largest absolute Gasteiger partial charge is 0.379 e. The maximum Gasteiger partial charge on any atom is 0.292 e. The zero-order valence-corrected chi connectivity index (χ0v) is 11.5. The number of anilines is 1. The zero-order valence-electron chi connectivity index (χ0n) is 9.89. The van der Waals surface area contributed by atoms with Gasteiger partial charge in [-0.1, -0.05) is 15.9 Å². The number of nitro benzene ring substituents is 1. The molecule has 1 aromatic carbocycles. The Morgan fingerprint density at radius 2 is 2.28 bits per heavy atom. The van der Waals surface area contributed by atoms with Crippen molar-refractivity contribution in [2.24, 2.45) is 5.92 Å². The highest BCUT2D eigenvalue weighted by molar-refractivity contribution is 9.10. The van der Waals surface area contributed by atoms with Gasteiger partial charge in [-0.05, 0) is 30.9 Å². The Kier molecular flexibility index (Phi) is 4.54. The van der Waals surface area contributed by atoms with Gasteiger partial charge >= 0.3 is 0 Å². The number of halogens is 1. The number of hydrogen-bond acceptors (Lipinski definition) is 4. The molecule has 1 fully saturated rings. The zero-order chi connectivity index (χ0) is 13.0. The summed E-state index contributed by atoms with van der Waals surface area (Å²) < 4.78 is 6.28. The fourth-order valence-electron chi connectivity index (χ4n) is 1.60. The third-order valence-corrected chi connectivity index (χ3v) is 3.26. The molecule has 1 aromatic rings. The van der Waals surface area contributed by atoms with E-state index in [9.17, 15) is 10.1 Å². The van der Waals surface area contributed by atoms with E-state index in [2.05, 4.69) is 21.2 Å². The topological polar surface area (TPSA) is 64.4 Å². The van der Waals surface area contributed by atoms with Crippen molar-refractivity contribution in [2.45, 2.75) is 12.8 Å². The van der Waals surface area contributed by atoms with Gasteiger partial charge in [0.1, 0.15) is 5.69 Å². The maximum absolute atomic E-state index is 10.8. The molecular weight excluding hydrogens is 300 g/mol. The Morgan fingerprint density at radius 3 is 2.94 bits per heavy atom. The van der Waals surface area contributed by atoms with E-state index in [1.165, 1.54) is 18.9 Å². The van der Waals surface area contributed by atoms with Crippen LogP contribution in [0.1, 0.15) is 12.8 Å². The number of rotatable bonds is 7. The third-order valence-electron chi connectivity index (χ3n) is 2.77.